The second-order valence-corrected chi connectivity index (χ2v) is 6.88. The molecule has 0 N–H and O–H groups in total. The maximum atomic E-state index is 2.72. The van der Waals surface area contributed by atoms with Crippen molar-refractivity contribution in [2.45, 2.75) is 45.1 Å². The third-order valence-electron chi connectivity index (χ3n) is 5.20. The van der Waals surface area contributed by atoms with Gasteiger partial charge in [-0.05, 0) is 55.8 Å². The van der Waals surface area contributed by atoms with Crippen molar-refractivity contribution in [1.82, 2.24) is 4.90 Å². The van der Waals surface area contributed by atoms with Gasteiger partial charge in [0.25, 0.3) is 0 Å². The summed E-state index contributed by atoms with van der Waals surface area (Å²) in [4.78, 5) is 2.72. The van der Waals surface area contributed by atoms with Crippen molar-refractivity contribution in [1.29, 1.82) is 0 Å². The lowest BCUT2D eigenvalue weighted by Gasteiger charge is -2.38. The molecule has 0 amide bonds. The van der Waals surface area contributed by atoms with E-state index >= 15 is 0 Å². The van der Waals surface area contributed by atoms with Crippen LogP contribution >= 0.6 is 0 Å². The molecule has 2 aromatic carbocycles. The topological polar surface area (TPSA) is 3.24 Å². The summed E-state index contributed by atoms with van der Waals surface area (Å²) in [7, 11) is 0. The second kappa shape index (κ2) is 8.31. The molecule has 122 valence electrons. The van der Waals surface area contributed by atoms with Crippen LogP contribution < -0.4 is 0 Å². The molecule has 0 saturated carbocycles. The largest absolute Gasteiger partial charge is 0.296 e. The Labute approximate surface area is 141 Å². The molecule has 0 bridgehead atoms. The third kappa shape index (κ3) is 4.45. The number of rotatable bonds is 6. The molecular weight excluding hydrogens is 278 g/mol. The summed E-state index contributed by atoms with van der Waals surface area (Å²) in [6, 6.07) is 22.7. The number of nitrogens with zero attached hydrogens (tertiary/aromatic N) is 1. The van der Waals surface area contributed by atoms with Crippen LogP contribution in [0.5, 0.6) is 0 Å². The summed E-state index contributed by atoms with van der Waals surface area (Å²) in [5.74, 6) is 0.853. The molecule has 2 aromatic rings. The van der Waals surface area contributed by atoms with Gasteiger partial charge in [0, 0.05) is 6.04 Å². The Balaban J connectivity index is 1.58. The van der Waals surface area contributed by atoms with Gasteiger partial charge in [-0.25, -0.2) is 0 Å². The molecule has 1 aliphatic rings. The molecule has 1 unspecified atom stereocenters. The summed E-state index contributed by atoms with van der Waals surface area (Å²) in [5, 5.41) is 0. The summed E-state index contributed by atoms with van der Waals surface area (Å²) >= 11 is 0. The van der Waals surface area contributed by atoms with E-state index in [0.717, 1.165) is 5.92 Å². The summed E-state index contributed by atoms with van der Waals surface area (Å²) in [6.45, 7) is 4.80. The van der Waals surface area contributed by atoms with Gasteiger partial charge >= 0.3 is 0 Å². The monoisotopic (exact) mass is 307 g/mol. The second-order valence-electron chi connectivity index (χ2n) is 6.88. The highest BCUT2D eigenvalue weighted by Crippen LogP contribution is 2.31. The molecule has 0 spiro atoms. The number of hydrogen-bond donors (Lipinski definition) is 0. The Morgan fingerprint density at radius 3 is 2.13 bits per heavy atom. The number of piperidine rings is 1. The Kier molecular flexibility index (Phi) is 5.87. The Hall–Kier alpha value is -1.60. The van der Waals surface area contributed by atoms with Crippen LogP contribution in [0.25, 0.3) is 0 Å². The summed E-state index contributed by atoms with van der Waals surface area (Å²) < 4.78 is 0. The van der Waals surface area contributed by atoms with Gasteiger partial charge in [0.15, 0.2) is 0 Å². The van der Waals surface area contributed by atoms with Crippen molar-refractivity contribution >= 4 is 0 Å². The quantitative estimate of drug-likeness (QED) is 0.683. The first-order chi connectivity index (χ1) is 11.4. The molecule has 1 saturated heterocycles. The minimum Gasteiger partial charge on any atom is -0.296 e. The lowest BCUT2D eigenvalue weighted by atomic mass is 9.88. The van der Waals surface area contributed by atoms with Gasteiger partial charge in [-0.15, -0.1) is 0 Å². The van der Waals surface area contributed by atoms with Crippen LogP contribution in [0.4, 0.5) is 0 Å². The van der Waals surface area contributed by atoms with E-state index in [-0.39, 0.29) is 0 Å². The predicted molar refractivity (Wildman–Crippen MR) is 98.5 cm³/mol. The van der Waals surface area contributed by atoms with Gasteiger partial charge in [0.05, 0.1) is 0 Å². The van der Waals surface area contributed by atoms with Crippen LogP contribution in [0.3, 0.4) is 0 Å². The molecule has 1 heterocycles. The van der Waals surface area contributed by atoms with Gasteiger partial charge in [-0.1, -0.05) is 74.0 Å². The van der Waals surface area contributed by atoms with Gasteiger partial charge in [-0.2, -0.15) is 0 Å². The molecule has 23 heavy (non-hydrogen) atoms. The zero-order valence-electron chi connectivity index (χ0n) is 14.3. The van der Waals surface area contributed by atoms with Crippen molar-refractivity contribution in [3.8, 4) is 0 Å². The molecule has 0 aromatic heterocycles. The van der Waals surface area contributed by atoms with E-state index in [1.807, 2.05) is 0 Å². The number of hydrogen-bond acceptors (Lipinski definition) is 1. The van der Waals surface area contributed by atoms with Crippen molar-refractivity contribution in [2.75, 3.05) is 13.1 Å². The summed E-state index contributed by atoms with van der Waals surface area (Å²) in [6.07, 6.45) is 6.44. The highest BCUT2D eigenvalue weighted by molar-refractivity contribution is 5.19. The Bertz CT molecular complexity index is 555. The van der Waals surface area contributed by atoms with E-state index in [1.54, 1.807) is 0 Å². The van der Waals surface area contributed by atoms with Gasteiger partial charge in [0.1, 0.15) is 0 Å². The lowest BCUT2D eigenvalue weighted by molar-refractivity contribution is 0.125. The van der Waals surface area contributed by atoms with Crippen LogP contribution in [0, 0.1) is 5.92 Å². The van der Waals surface area contributed by atoms with Gasteiger partial charge in [-0.3, -0.25) is 4.90 Å². The van der Waals surface area contributed by atoms with Crippen molar-refractivity contribution in [3.63, 3.8) is 0 Å². The molecule has 1 aliphatic heterocycles. The minimum atomic E-state index is 0.610. The van der Waals surface area contributed by atoms with E-state index in [2.05, 4.69) is 72.5 Å². The highest BCUT2D eigenvalue weighted by Gasteiger charge is 2.25. The molecular formula is C22H29N. The maximum absolute atomic E-state index is 2.72. The average Bonchev–Trinajstić information content (AvgIpc) is 2.62. The fourth-order valence-corrected chi connectivity index (χ4v) is 3.92. The number of benzene rings is 2. The molecule has 1 fully saturated rings. The number of likely N-dealkylation sites (tertiary alicyclic amines) is 1. The zero-order chi connectivity index (χ0) is 15.9. The van der Waals surface area contributed by atoms with E-state index in [1.165, 1.54) is 56.3 Å². The first kappa shape index (κ1) is 16.3. The van der Waals surface area contributed by atoms with Crippen LogP contribution in [-0.2, 0) is 6.42 Å². The van der Waals surface area contributed by atoms with E-state index in [9.17, 15) is 0 Å². The molecule has 1 atom stereocenters. The molecule has 0 aliphatic carbocycles. The van der Waals surface area contributed by atoms with E-state index in [0.29, 0.717) is 6.04 Å². The predicted octanol–water partition coefficient (Wildman–Crippen LogP) is 5.48. The van der Waals surface area contributed by atoms with Gasteiger partial charge in [0.2, 0.25) is 0 Å². The van der Waals surface area contributed by atoms with Gasteiger partial charge < -0.3 is 0 Å². The summed E-state index contributed by atoms with van der Waals surface area (Å²) in [5.41, 5.74) is 3.00. The lowest BCUT2D eigenvalue weighted by Crippen LogP contribution is -2.37. The fourth-order valence-electron chi connectivity index (χ4n) is 3.92. The minimum absolute atomic E-state index is 0.610. The van der Waals surface area contributed by atoms with E-state index < -0.39 is 0 Å². The zero-order valence-corrected chi connectivity index (χ0v) is 14.3. The van der Waals surface area contributed by atoms with Crippen molar-refractivity contribution < 1.29 is 0 Å². The Morgan fingerprint density at radius 1 is 0.913 bits per heavy atom. The molecule has 1 nitrogen and oxygen atoms in total. The van der Waals surface area contributed by atoms with Crippen LogP contribution in [0.2, 0.25) is 0 Å². The standard InChI is InChI=1S/C22H29N/c1-2-9-22(21-12-7-4-8-13-21)23-16-14-20(15-17-23)18-19-10-5-3-6-11-19/h3-8,10-13,20,22H,2,9,14-18H2,1H3. The maximum Gasteiger partial charge on any atom is 0.0348 e. The molecule has 1 heteroatoms. The first-order valence-corrected chi connectivity index (χ1v) is 9.19. The average molecular weight is 307 g/mol. The molecule has 0 radical (unpaired) electrons. The van der Waals surface area contributed by atoms with Crippen LogP contribution in [0.1, 0.15) is 49.8 Å². The molecule has 3 rings (SSSR count). The van der Waals surface area contributed by atoms with Crippen LogP contribution in [0.15, 0.2) is 60.7 Å². The van der Waals surface area contributed by atoms with Crippen molar-refractivity contribution in [2.24, 2.45) is 5.92 Å². The SMILES string of the molecule is CCCC(c1ccccc1)N1CCC(Cc2ccccc2)CC1. The Morgan fingerprint density at radius 2 is 1.52 bits per heavy atom. The van der Waals surface area contributed by atoms with Crippen LogP contribution in [-0.4, -0.2) is 18.0 Å². The smallest absolute Gasteiger partial charge is 0.0348 e. The first-order valence-electron chi connectivity index (χ1n) is 9.19. The van der Waals surface area contributed by atoms with E-state index in [4.69, 9.17) is 0 Å². The third-order valence-corrected chi connectivity index (χ3v) is 5.20. The fraction of sp³-hybridized carbons (Fsp3) is 0.455. The van der Waals surface area contributed by atoms with Crippen molar-refractivity contribution in [3.05, 3.63) is 71.8 Å². The highest BCUT2D eigenvalue weighted by atomic mass is 15.2. The normalized spacial score (nSPS) is 18.0.